The van der Waals surface area contributed by atoms with Gasteiger partial charge in [0.1, 0.15) is 11.5 Å². The van der Waals surface area contributed by atoms with E-state index in [2.05, 4.69) is 5.32 Å². The summed E-state index contributed by atoms with van der Waals surface area (Å²) in [5.74, 6) is 2.99. The summed E-state index contributed by atoms with van der Waals surface area (Å²) in [6.45, 7) is 4.59. The highest BCUT2D eigenvalue weighted by Crippen LogP contribution is 2.37. The van der Waals surface area contributed by atoms with Crippen LogP contribution in [0, 0.1) is 6.92 Å². The number of hydrogen-bond donors (Lipinski definition) is 1. The van der Waals surface area contributed by atoms with Gasteiger partial charge in [-0.05, 0) is 37.6 Å². The number of methoxy groups -OCH3 is 2. The fraction of sp³-hybridized carbons (Fsp3) is 0.375. The Labute approximate surface area is 130 Å². The Kier molecular flexibility index (Phi) is 5.15. The molecule has 1 atom stereocenters. The molecule has 1 heterocycles. The van der Waals surface area contributed by atoms with E-state index in [1.807, 2.05) is 38.1 Å². The minimum Gasteiger partial charge on any atom is -0.493 e. The lowest BCUT2D eigenvalue weighted by Crippen LogP contribution is -2.18. The van der Waals surface area contributed by atoms with Crippen LogP contribution in [-0.2, 0) is 6.54 Å². The first-order valence-corrected chi connectivity index (χ1v) is 7.13. The Morgan fingerprint density at radius 2 is 1.95 bits per heavy atom. The van der Waals surface area contributed by atoms with E-state index in [1.165, 1.54) is 0 Å². The molecule has 4 nitrogen and oxygen atoms in total. The van der Waals surface area contributed by atoms with Crippen molar-refractivity contribution in [1.29, 1.82) is 0 Å². The number of furan rings is 1. The Morgan fingerprint density at radius 3 is 2.52 bits per heavy atom. The molecule has 1 aromatic heterocycles. The van der Waals surface area contributed by atoms with Crippen molar-refractivity contribution in [3.63, 3.8) is 0 Å². The molecule has 1 unspecified atom stereocenters. The minimum absolute atomic E-state index is 0.0999. The monoisotopic (exact) mass is 309 g/mol. The number of aryl methyl sites for hydroxylation is 1. The van der Waals surface area contributed by atoms with Gasteiger partial charge in [0.25, 0.3) is 0 Å². The summed E-state index contributed by atoms with van der Waals surface area (Å²) in [6, 6.07) is 7.81. The van der Waals surface area contributed by atoms with Gasteiger partial charge in [-0.25, -0.2) is 0 Å². The quantitative estimate of drug-likeness (QED) is 0.872. The Balaban J connectivity index is 2.10. The highest BCUT2D eigenvalue weighted by atomic mass is 35.5. The van der Waals surface area contributed by atoms with Crippen molar-refractivity contribution in [3.05, 3.63) is 46.4 Å². The van der Waals surface area contributed by atoms with E-state index in [9.17, 15) is 0 Å². The van der Waals surface area contributed by atoms with Gasteiger partial charge in [0.15, 0.2) is 11.5 Å². The first-order chi connectivity index (χ1) is 10.1. The Morgan fingerprint density at radius 1 is 1.19 bits per heavy atom. The summed E-state index contributed by atoms with van der Waals surface area (Å²) in [4.78, 5) is 0. The molecule has 0 fully saturated rings. The van der Waals surface area contributed by atoms with Crippen molar-refractivity contribution in [3.8, 4) is 11.5 Å². The van der Waals surface area contributed by atoms with Crippen LogP contribution in [0.5, 0.6) is 11.5 Å². The van der Waals surface area contributed by atoms with Gasteiger partial charge < -0.3 is 19.2 Å². The average Bonchev–Trinajstić information content (AvgIpc) is 2.92. The molecule has 0 aliphatic heterocycles. The molecule has 0 saturated carbocycles. The largest absolute Gasteiger partial charge is 0.493 e. The predicted molar refractivity (Wildman–Crippen MR) is 83.3 cm³/mol. The summed E-state index contributed by atoms with van der Waals surface area (Å²) in [5.41, 5.74) is 0.949. The molecule has 0 aliphatic rings. The van der Waals surface area contributed by atoms with E-state index >= 15 is 0 Å². The first kappa shape index (κ1) is 15.7. The van der Waals surface area contributed by atoms with Crippen molar-refractivity contribution in [1.82, 2.24) is 5.32 Å². The molecular weight excluding hydrogens is 290 g/mol. The second-order valence-electron chi connectivity index (χ2n) is 4.83. The fourth-order valence-electron chi connectivity index (χ4n) is 2.12. The van der Waals surface area contributed by atoms with Crippen LogP contribution < -0.4 is 14.8 Å². The summed E-state index contributed by atoms with van der Waals surface area (Å²) in [6.07, 6.45) is 0. The first-order valence-electron chi connectivity index (χ1n) is 6.76. The normalized spacial score (nSPS) is 12.2. The molecule has 1 N–H and O–H groups in total. The lowest BCUT2D eigenvalue weighted by molar-refractivity contribution is 0.354. The van der Waals surface area contributed by atoms with Crippen LogP contribution in [0.2, 0.25) is 5.02 Å². The number of rotatable bonds is 6. The van der Waals surface area contributed by atoms with Gasteiger partial charge in [-0.1, -0.05) is 17.7 Å². The molecule has 2 aromatic rings. The number of hydrogen-bond acceptors (Lipinski definition) is 4. The van der Waals surface area contributed by atoms with Crippen molar-refractivity contribution in [2.45, 2.75) is 26.4 Å². The van der Waals surface area contributed by atoms with Gasteiger partial charge in [-0.3, -0.25) is 0 Å². The molecule has 5 heteroatoms. The fourth-order valence-corrected chi connectivity index (χ4v) is 2.42. The lowest BCUT2D eigenvalue weighted by Gasteiger charge is -2.15. The van der Waals surface area contributed by atoms with Crippen LogP contribution >= 0.6 is 11.6 Å². The SMILES string of the molecule is COc1ccc(CNC(C)c2ccc(C)o2)c(Cl)c1OC. The highest BCUT2D eigenvalue weighted by molar-refractivity contribution is 6.33. The summed E-state index contributed by atoms with van der Waals surface area (Å²) < 4.78 is 16.1. The van der Waals surface area contributed by atoms with Crippen LogP contribution in [0.3, 0.4) is 0 Å². The van der Waals surface area contributed by atoms with Crippen LogP contribution in [0.1, 0.15) is 30.0 Å². The van der Waals surface area contributed by atoms with Crippen LogP contribution in [-0.4, -0.2) is 14.2 Å². The summed E-state index contributed by atoms with van der Waals surface area (Å²) >= 11 is 6.36. The van der Waals surface area contributed by atoms with E-state index in [4.69, 9.17) is 25.5 Å². The third-order valence-corrected chi connectivity index (χ3v) is 3.77. The van der Waals surface area contributed by atoms with Crippen LogP contribution in [0.25, 0.3) is 0 Å². The smallest absolute Gasteiger partial charge is 0.179 e. The highest BCUT2D eigenvalue weighted by Gasteiger charge is 2.14. The number of nitrogens with one attached hydrogen (secondary N) is 1. The lowest BCUT2D eigenvalue weighted by atomic mass is 10.1. The standard InChI is InChI=1S/C16H20ClNO3/c1-10-5-7-13(21-10)11(2)18-9-12-6-8-14(19-3)16(20-4)15(12)17/h5-8,11,18H,9H2,1-4H3. The number of benzene rings is 1. The van der Waals surface area contributed by atoms with Gasteiger partial charge in [-0.2, -0.15) is 0 Å². The number of halogens is 1. The van der Waals surface area contributed by atoms with Gasteiger partial charge >= 0.3 is 0 Å². The molecule has 21 heavy (non-hydrogen) atoms. The third kappa shape index (κ3) is 3.52. The molecule has 0 aliphatic carbocycles. The molecule has 114 valence electrons. The zero-order valence-electron chi connectivity index (χ0n) is 12.7. The van der Waals surface area contributed by atoms with Crippen LogP contribution in [0.4, 0.5) is 0 Å². The van der Waals surface area contributed by atoms with E-state index in [1.54, 1.807) is 14.2 Å². The maximum Gasteiger partial charge on any atom is 0.179 e. The third-order valence-electron chi connectivity index (χ3n) is 3.35. The molecular formula is C16H20ClNO3. The molecule has 0 spiro atoms. The second-order valence-corrected chi connectivity index (χ2v) is 5.20. The van der Waals surface area contributed by atoms with Crippen molar-refractivity contribution in [2.75, 3.05) is 14.2 Å². The summed E-state index contributed by atoms with van der Waals surface area (Å²) in [5, 5.41) is 3.95. The Hall–Kier alpha value is -1.65. The van der Waals surface area contributed by atoms with Crippen molar-refractivity contribution >= 4 is 11.6 Å². The second kappa shape index (κ2) is 6.87. The van der Waals surface area contributed by atoms with Gasteiger partial charge in [0, 0.05) is 6.54 Å². The van der Waals surface area contributed by atoms with E-state index in [-0.39, 0.29) is 6.04 Å². The molecule has 1 aromatic carbocycles. The zero-order valence-corrected chi connectivity index (χ0v) is 13.5. The van der Waals surface area contributed by atoms with E-state index < -0.39 is 0 Å². The number of ether oxygens (including phenoxy) is 2. The Bertz CT molecular complexity index is 610. The van der Waals surface area contributed by atoms with Crippen LogP contribution in [0.15, 0.2) is 28.7 Å². The van der Waals surface area contributed by atoms with E-state index in [0.717, 1.165) is 17.1 Å². The average molecular weight is 310 g/mol. The van der Waals surface area contributed by atoms with Crippen molar-refractivity contribution < 1.29 is 13.9 Å². The minimum atomic E-state index is 0.0999. The maximum atomic E-state index is 6.36. The molecule has 0 saturated heterocycles. The van der Waals surface area contributed by atoms with Gasteiger partial charge in [0.05, 0.1) is 25.3 Å². The van der Waals surface area contributed by atoms with Crippen molar-refractivity contribution in [2.24, 2.45) is 0 Å². The maximum absolute atomic E-state index is 6.36. The topological polar surface area (TPSA) is 43.6 Å². The van der Waals surface area contributed by atoms with E-state index in [0.29, 0.717) is 23.1 Å². The van der Waals surface area contributed by atoms with Gasteiger partial charge in [-0.15, -0.1) is 0 Å². The summed E-state index contributed by atoms with van der Waals surface area (Å²) in [7, 11) is 3.17. The predicted octanol–water partition coefficient (Wildman–Crippen LogP) is 4.11. The molecule has 0 radical (unpaired) electrons. The molecule has 2 rings (SSSR count). The zero-order chi connectivity index (χ0) is 15.4. The molecule has 0 bridgehead atoms. The molecule has 0 amide bonds. The van der Waals surface area contributed by atoms with Gasteiger partial charge in [0.2, 0.25) is 0 Å².